The van der Waals surface area contributed by atoms with Crippen molar-refractivity contribution in [2.45, 2.75) is 32.9 Å². The van der Waals surface area contributed by atoms with E-state index in [-0.39, 0.29) is 18.0 Å². The highest BCUT2D eigenvalue weighted by molar-refractivity contribution is 7.18. The molecule has 0 unspecified atom stereocenters. The van der Waals surface area contributed by atoms with Crippen LogP contribution in [0.15, 0.2) is 41.5 Å². The van der Waals surface area contributed by atoms with Gasteiger partial charge in [-0.25, -0.2) is 4.98 Å². The van der Waals surface area contributed by atoms with E-state index in [0.717, 1.165) is 22.5 Å². The molecule has 0 spiro atoms. The maximum Gasteiger partial charge on any atom is 0.262 e. The summed E-state index contributed by atoms with van der Waals surface area (Å²) < 4.78 is 1.43. The molecule has 25 heavy (non-hydrogen) atoms. The van der Waals surface area contributed by atoms with Crippen LogP contribution in [0.4, 0.5) is 0 Å². The Hall–Kier alpha value is -2.47. The first-order valence-electron chi connectivity index (χ1n) is 8.48. The van der Waals surface area contributed by atoms with Crippen molar-refractivity contribution in [1.29, 1.82) is 0 Å². The Morgan fingerprint density at radius 1 is 1.28 bits per heavy atom. The molecule has 0 saturated heterocycles. The van der Waals surface area contributed by atoms with Crippen molar-refractivity contribution >= 4 is 27.5 Å². The van der Waals surface area contributed by atoms with Crippen molar-refractivity contribution in [3.8, 4) is 0 Å². The third-order valence-corrected chi connectivity index (χ3v) is 5.89. The van der Waals surface area contributed by atoms with Crippen LogP contribution >= 0.6 is 11.3 Å². The first-order chi connectivity index (χ1) is 12.2. The van der Waals surface area contributed by atoms with Crippen LogP contribution in [0.2, 0.25) is 0 Å². The lowest BCUT2D eigenvalue weighted by Gasteiger charge is -2.29. The summed E-state index contributed by atoms with van der Waals surface area (Å²) in [5.74, 6) is -0.0382. The Balaban J connectivity index is 1.56. The van der Waals surface area contributed by atoms with Crippen molar-refractivity contribution in [1.82, 2.24) is 14.5 Å². The van der Waals surface area contributed by atoms with Gasteiger partial charge in [0, 0.05) is 18.0 Å². The SMILES string of the molecule is CCc1cc2c(=O)n(CC(=O)N3CCc4ccccc4C3)cnc2s1. The van der Waals surface area contributed by atoms with Gasteiger partial charge in [0.2, 0.25) is 5.91 Å². The average Bonchev–Trinajstić information content (AvgIpc) is 3.08. The molecule has 0 saturated carbocycles. The molecule has 128 valence electrons. The molecule has 4 rings (SSSR count). The zero-order chi connectivity index (χ0) is 17.4. The van der Waals surface area contributed by atoms with Gasteiger partial charge in [0.25, 0.3) is 5.56 Å². The van der Waals surface area contributed by atoms with E-state index < -0.39 is 0 Å². The molecule has 0 fully saturated rings. The normalized spacial score (nSPS) is 13.9. The second-order valence-electron chi connectivity index (χ2n) is 6.30. The lowest BCUT2D eigenvalue weighted by Crippen LogP contribution is -2.39. The van der Waals surface area contributed by atoms with Crippen molar-refractivity contribution < 1.29 is 4.79 Å². The van der Waals surface area contributed by atoms with Gasteiger partial charge in [-0.05, 0) is 30.0 Å². The summed E-state index contributed by atoms with van der Waals surface area (Å²) in [7, 11) is 0. The van der Waals surface area contributed by atoms with Gasteiger partial charge in [0.05, 0.1) is 11.7 Å². The molecule has 6 heteroatoms. The monoisotopic (exact) mass is 353 g/mol. The van der Waals surface area contributed by atoms with Crippen LogP contribution in [0, 0.1) is 0 Å². The predicted octanol–water partition coefficient (Wildman–Crippen LogP) is 2.61. The number of nitrogens with zero attached hydrogens (tertiary/aromatic N) is 3. The van der Waals surface area contributed by atoms with Gasteiger partial charge in [-0.1, -0.05) is 31.2 Å². The third kappa shape index (κ3) is 2.98. The summed E-state index contributed by atoms with van der Waals surface area (Å²) in [5.41, 5.74) is 2.36. The van der Waals surface area contributed by atoms with E-state index >= 15 is 0 Å². The molecule has 1 amide bonds. The number of hydrogen-bond acceptors (Lipinski definition) is 4. The topological polar surface area (TPSA) is 55.2 Å². The molecule has 0 bridgehead atoms. The van der Waals surface area contributed by atoms with Crippen LogP contribution in [0.25, 0.3) is 10.2 Å². The fourth-order valence-corrected chi connectivity index (χ4v) is 4.18. The predicted molar refractivity (Wildman–Crippen MR) is 98.8 cm³/mol. The van der Waals surface area contributed by atoms with E-state index in [1.54, 1.807) is 0 Å². The molecule has 1 aliphatic heterocycles. The Kier molecular flexibility index (Phi) is 4.13. The number of hydrogen-bond donors (Lipinski definition) is 0. The summed E-state index contributed by atoms with van der Waals surface area (Å²) in [6.45, 7) is 3.40. The van der Waals surface area contributed by atoms with Crippen molar-refractivity contribution in [3.63, 3.8) is 0 Å². The zero-order valence-corrected chi connectivity index (χ0v) is 14.9. The van der Waals surface area contributed by atoms with Crippen LogP contribution in [0.5, 0.6) is 0 Å². The highest BCUT2D eigenvalue weighted by Gasteiger charge is 2.21. The molecule has 5 nitrogen and oxygen atoms in total. The van der Waals surface area contributed by atoms with Crippen LogP contribution in [-0.2, 0) is 30.7 Å². The van der Waals surface area contributed by atoms with E-state index in [9.17, 15) is 9.59 Å². The van der Waals surface area contributed by atoms with Gasteiger partial charge < -0.3 is 4.90 Å². The number of aromatic nitrogens is 2. The summed E-state index contributed by atoms with van der Waals surface area (Å²) in [6, 6.07) is 10.1. The zero-order valence-electron chi connectivity index (χ0n) is 14.1. The van der Waals surface area contributed by atoms with Crippen LogP contribution < -0.4 is 5.56 Å². The summed E-state index contributed by atoms with van der Waals surface area (Å²) >= 11 is 1.54. The number of fused-ring (bicyclic) bond motifs is 2. The number of amides is 1. The van der Waals surface area contributed by atoms with E-state index in [1.165, 1.54) is 33.4 Å². The highest BCUT2D eigenvalue weighted by Crippen LogP contribution is 2.21. The first-order valence-corrected chi connectivity index (χ1v) is 9.29. The fraction of sp³-hybridized carbons (Fsp3) is 0.316. The van der Waals surface area contributed by atoms with Gasteiger partial charge in [-0.2, -0.15) is 0 Å². The number of thiophene rings is 1. The van der Waals surface area contributed by atoms with Gasteiger partial charge in [-0.3, -0.25) is 14.2 Å². The molecule has 0 radical (unpaired) electrons. The summed E-state index contributed by atoms with van der Waals surface area (Å²) in [4.78, 5) is 33.4. The Bertz CT molecular complexity index is 1010. The maximum atomic E-state index is 12.7. The fourth-order valence-electron chi connectivity index (χ4n) is 3.25. The van der Waals surface area contributed by atoms with Gasteiger partial charge in [0.15, 0.2) is 0 Å². The van der Waals surface area contributed by atoms with Crippen LogP contribution in [-0.4, -0.2) is 26.9 Å². The molecule has 0 aliphatic carbocycles. The molecule has 3 aromatic rings. The molecule has 1 aromatic carbocycles. The van der Waals surface area contributed by atoms with E-state index in [1.807, 2.05) is 23.1 Å². The second-order valence-corrected chi connectivity index (χ2v) is 7.41. The second kappa shape index (κ2) is 6.44. The minimum Gasteiger partial charge on any atom is -0.336 e. The summed E-state index contributed by atoms with van der Waals surface area (Å²) in [6.07, 6.45) is 3.24. The van der Waals surface area contributed by atoms with Crippen LogP contribution in [0.3, 0.4) is 0 Å². The van der Waals surface area contributed by atoms with E-state index in [0.29, 0.717) is 18.5 Å². The largest absolute Gasteiger partial charge is 0.336 e. The Morgan fingerprint density at radius 2 is 2.08 bits per heavy atom. The highest BCUT2D eigenvalue weighted by atomic mass is 32.1. The van der Waals surface area contributed by atoms with Gasteiger partial charge in [-0.15, -0.1) is 11.3 Å². The number of benzene rings is 1. The molecule has 0 N–H and O–H groups in total. The lowest BCUT2D eigenvalue weighted by molar-refractivity contribution is -0.132. The average molecular weight is 353 g/mol. The van der Waals surface area contributed by atoms with Crippen molar-refractivity contribution in [2.75, 3.05) is 6.54 Å². The van der Waals surface area contributed by atoms with Crippen molar-refractivity contribution in [3.05, 3.63) is 63.0 Å². The molecule has 2 aromatic heterocycles. The Labute approximate surface area is 149 Å². The van der Waals surface area contributed by atoms with Crippen LogP contribution in [0.1, 0.15) is 22.9 Å². The number of rotatable bonds is 3. The number of aryl methyl sites for hydroxylation is 1. The molecule has 0 atom stereocenters. The minimum atomic E-state index is -0.133. The number of carbonyl (C=O) groups is 1. The molecule has 1 aliphatic rings. The molecule has 3 heterocycles. The lowest BCUT2D eigenvalue weighted by atomic mass is 10.00. The van der Waals surface area contributed by atoms with Crippen molar-refractivity contribution in [2.24, 2.45) is 0 Å². The summed E-state index contributed by atoms with van der Waals surface area (Å²) in [5, 5.41) is 0.612. The van der Waals surface area contributed by atoms with Gasteiger partial charge >= 0.3 is 0 Å². The number of carbonyl (C=O) groups excluding carboxylic acids is 1. The minimum absolute atomic E-state index is 0.0382. The quantitative estimate of drug-likeness (QED) is 0.727. The molecular formula is C19H19N3O2S. The van der Waals surface area contributed by atoms with E-state index in [4.69, 9.17) is 0 Å². The van der Waals surface area contributed by atoms with Gasteiger partial charge in [0.1, 0.15) is 11.4 Å². The first kappa shape index (κ1) is 16.0. The maximum absolute atomic E-state index is 12.7. The molecular weight excluding hydrogens is 334 g/mol. The van der Waals surface area contributed by atoms with E-state index in [2.05, 4.69) is 24.0 Å². The smallest absolute Gasteiger partial charge is 0.262 e. The standard InChI is InChI=1S/C19H19N3O2S/c1-2-15-9-16-18(25-15)20-12-22(19(16)24)11-17(23)21-8-7-13-5-3-4-6-14(13)10-21/h3-6,9,12H,2,7-8,10-11H2,1H3. The third-order valence-electron chi connectivity index (χ3n) is 4.71. The Morgan fingerprint density at radius 3 is 2.88 bits per heavy atom.